The predicted octanol–water partition coefficient (Wildman–Crippen LogP) is 5.30. The molecule has 112 valence electrons. The lowest BCUT2D eigenvalue weighted by molar-refractivity contribution is -0.128. The summed E-state index contributed by atoms with van der Waals surface area (Å²) in [5.74, 6) is -0.398. The second-order valence-corrected chi connectivity index (χ2v) is 6.44. The van der Waals surface area contributed by atoms with Crippen molar-refractivity contribution in [2.24, 2.45) is 0 Å². The summed E-state index contributed by atoms with van der Waals surface area (Å²) in [6, 6.07) is 10.3. The number of carbonyl (C=O) groups is 2. The highest BCUT2D eigenvalue weighted by atomic mass is 79.9. The summed E-state index contributed by atoms with van der Waals surface area (Å²) in [5, 5.41) is 0.620. The van der Waals surface area contributed by atoms with Crippen LogP contribution in [-0.4, -0.2) is 12.3 Å². The first-order valence-corrected chi connectivity index (χ1v) is 8.05. The van der Waals surface area contributed by atoms with Crippen molar-refractivity contribution in [2.75, 3.05) is 0 Å². The minimum absolute atomic E-state index is 0.184. The van der Waals surface area contributed by atoms with Gasteiger partial charge in [0, 0.05) is 15.6 Å². The van der Waals surface area contributed by atoms with Gasteiger partial charge in [0.15, 0.2) is 12.0 Å². The fraction of sp³-hybridized carbons (Fsp3) is 0. The maximum Gasteiger partial charge on any atom is 0.336 e. The van der Waals surface area contributed by atoms with E-state index in [-0.39, 0.29) is 11.3 Å². The zero-order chi connectivity index (χ0) is 16.1. The molecule has 22 heavy (non-hydrogen) atoms. The van der Waals surface area contributed by atoms with E-state index in [1.54, 1.807) is 42.5 Å². The maximum absolute atomic E-state index is 11.9. The Morgan fingerprint density at radius 3 is 2.45 bits per heavy atom. The van der Waals surface area contributed by atoms with Gasteiger partial charge >= 0.3 is 5.97 Å². The highest BCUT2D eigenvalue weighted by Gasteiger charge is 2.12. The molecule has 0 bridgehead atoms. The van der Waals surface area contributed by atoms with Gasteiger partial charge < -0.3 is 4.74 Å². The predicted molar refractivity (Wildman–Crippen MR) is 93.4 cm³/mol. The van der Waals surface area contributed by atoms with Crippen LogP contribution in [0.4, 0.5) is 0 Å². The van der Waals surface area contributed by atoms with Crippen LogP contribution in [0.25, 0.3) is 6.08 Å². The molecule has 0 saturated heterocycles. The van der Waals surface area contributed by atoms with Crippen LogP contribution in [0.1, 0.15) is 15.9 Å². The van der Waals surface area contributed by atoms with Gasteiger partial charge in [-0.2, -0.15) is 0 Å². The van der Waals surface area contributed by atoms with Gasteiger partial charge in [-0.1, -0.05) is 39.7 Å². The van der Waals surface area contributed by atoms with Crippen LogP contribution < -0.4 is 4.74 Å². The van der Waals surface area contributed by atoms with Crippen molar-refractivity contribution in [3.05, 3.63) is 67.6 Å². The summed E-state index contributed by atoms with van der Waals surface area (Å²) in [7, 11) is 0. The molecule has 0 amide bonds. The Kier molecular flexibility index (Phi) is 5.94. The smallest absolute Gasteiger partial charge is 0.336 e. The van der Waals surface area contributed by atoms with Crippen LogP contribution >= 0.6 is 43.5 Å². The number of aldehydes is 1. The van der Waals surface area contributed by atoms with E-state index in [9.17, 15) is 9.59 Å². The Hall–Kier alpha value is -1.43. The van der Waals surface area contributed by atoms with E-state index in [4.69, 9.17) is 16.3 Å². The van der Waals surface area contributed by atoms with Gasteiger partial charge in [0.05, 0.1) is 10.0 Å². The first kappa shape index (κ1) is 16.9. The number of benzene rings is 2. The Bertz CT molecular complexity index is 740. The lowest BCUT2D eigenvalue weighted by atomic mass is 10.2. The summed E-state index contributed by atoms with van der Waals surface area (Å²) in [5.41, 5.74) is 1.08. The van der Waals surface area contributed by atoms with E-state index < -0.39 is 5.97 Å². The van der Waals surface area contributed by atoms with Gasteiger partial charge in [-0.25, -0.2) is 4.79 Å². The third kappa shape index (κ3) is 4.53. The highest BCUT2D eigenvalue weighted by Crippen LogP contribution is 2.32. The molecule has 0 atom stereocenters. The summed E-state index contributed by atoms with van der Waals surface area (Å²) < 4.78 is 6.43. The Labute approximate surface area is 149 Å². The first-order chi connectivity index (χ1) is 10.5. The van der Waals surface area contributed by atoms with Crippen LogP contribution in [0, 0.1) is 0 Å². The monoisotopic (exact) mass is 442 g/mol. The van der Waals surface area contributed by atoms with Crippen LogP contribution in [0.15, 0.2) is 51.4 Å². The minimum atomic E-state index is -0.582. The number of halogens is 3. The van der Waals surface area contributed by atoms with Crippen molar-refractivity contribution in [1.29, 1.82) is 0 Å². The zero-order valence-corrected chi connectivity index (χ0v) is 15.0. The Morgan fingerprint density at radius 1 is 1.14 bits per heavy atom. The molecule has 2 aromatic carbocycles. The van der Waals surface area contributed by atoms with Crippen molar-refractivity contribution in [1.82, 2.24) is 0 Å². The minimum Gasteiger partial charge on any atom is -0.421 e. The number of carbonyl (C=O) groups excluding carboxylic acids is 2. The fourth-order valence-electron chi connectivity index (χ4n) is 1.65. The van der Waals surface area contributed by atoms with Crippen LogP contribution in [0.2, 0.25) is 5.02 Å². The standard InChI is InChI=1S/C16H9Br2ClO3/c17-12-7-11(9-20)16(14(18)8-12)22-15(21)6-3-10-1-4-13(19)5-2-10/h1-9H/b6-3+. The number of rotatable bonds is 4. The van der Waals surface area contributed by atoms with Crippen molar-refractivity contribution in [2.45, 2.75) is 0 Å². The molecule has 0 saturated carbocycles. The summed E-state index contributed by atoms with van der Waals surface area (Å²) in [4.78, 5) is 22.9. The van der Waals surface area contributed by atoms with Gasteiger partial charge in [0.2, 0.25) is 0 Å². The lowest BCUT2D eigenvalue weighted by Crippen LogP contribution is -2.06. The average molecular weight is 445 g/mol. The van der Waals surface area contributed by atoms with Crippen LogP contribution in [0.5, 0.6) is 5.75 Å². The molecule has 6 heteroatoms. The SMILES string of the molecule is O=Cc1cc(Br)cc(Br)c1OC(=O)/C=C/c1ccc(Cl)cc1. The van der Waals surface area contributed by atoms with Gasteiger partial charge in [-0.05, 0) is 51.8 Å². The fourth-order valence-corrected chi connectivity index (χ4v) is 3.11. The molecule has 0 radical (unpaired) electrons. The van der Waals surface area contributed by atoms with Crippen molar-refractivity contribution < 1.29 is 14.3 Å². The number of ether oxygens (including phenoxy) is 1. The average Bonchev–Trinajstić information content (AvgIpc) is 2.49. The van der Waals surface area contributed by atoms with E-state index in [1.165, 1.54) is 6.08 Å². The molecule has 3 nitrogen and oxygen atoms in total. The van der Waals surface area contributed by atoms with E-state index in [0.29, 0.717) is 20.3 Å². The van der Waals surface area contributed by atoms with Gasteiger partial charge in [0.25, 0.3) is 0 Å². The van der Waals surface area contributed by atoms with Gasteiger partial charge in [-0.3, -0.25) is 4.79 Å². The van der Waals surface area contributed by atoms with Crippen molar-refractivity contribution in [3.63, 3.8) is 0 Å². The zero-order valence-electron chi connectivity index (χ0n) is 11.1. The van der Waals surface area contributed by atoms with Crippen molar-refractivity contribution >= 4 is 61.8 Å². The second-order valence-electron chi connectivity index (χ2n) is 4.23. The van der Waals surface area contributed by atoms with E-state index in [0.717, 1.165) is 5.56 Å². The summed E-state index contributed by atoms with van der Waals surface area (Å²) >= 11 is 12.3. The quantitative estimate of drug-likeness (QED) is 0.278. The van der Waals surface area contributed by atoms with E-state index in [1.807, 2.05) is 0 Å². The number of esters is 1. The summed E-state index contributed by atoms with van der Waals surface area (Å²) in [6.07, 6.45) is 3.51. The van der Waals surface area contributed by atoms with E-state index >= 15 is 0 Å². The molecule has 0 heterocycles. The lowest BCUT2D eigenvalue weighted by Gasteiger charge is -2.07. The Balaban J connectivity index is 2.15. The van der Waals surface area contributed by atoms with Crippen molar-refractivity contribution in [3.8, 4) is 5.75 Å². The largest absolute Gasteiger partial charge is 0.421 e. The highest BCUT2D eigenvalue weighted by molar-refractivity contribution is 9.11. The maximum atomic E-state index is 11.9. The molecule has 0 spiro atoms. The molecule has 0 unspecified atom stereocenters. The number of hydrogen-bond acceptors (Lipinski definition) is 3. The third-order valence-electron chi connectivity index (χ3n) is 2.65. The molecule has 0 aliphatic rings. The molecule has 0 aliphatic heterocycles. The summed E-state index contributed by atoms with van der Waals surface area (Å²) in [6.45, 7) is 0. The molecule has 2 aromatic rings. The molecular formula is C16H9Br2ClO3. The molecule has 0 N–H and O–H groups in total. The normalized spacial score (nSPS) is 10.7. The molecule has 0 aliphatic carbocycles. The topological polar surface area (TPSA) is 43.4 Å². The first-order valence-electron chi connectivity index (χ1n) is 6.09. The molecule has 2 rings (SSSR count). The second kappa shape index (κ2) is 7.72. The van der Waals surface area contributed by atoms with Gasteiger partial charge in [-0.15, -0.1) is 0 Å². The van der Waals surface area contributed by atoms with Crippen LogP contribution in [-0.2, 0) is 4.79 Å². The van der Waals surface area contributed by atoms with Gasteiger partial charge in [0.1, 0.15) is 0 Å². The van der Waals surface area contributed by atoms with E-state index in [2.05, 4.69) is 31.9 Å². The Morgan fingerprint density at radius 2 is 1.82 bits per heavy atom. The number of hydrogen-bond donors (Lipinski definition) is 0. The van der Waals surface area contributed by atoms with Crippen LogP contribution in [0.3, 0.4) is 0 Å². The third-order valence-corrected chi connectivity index (χ3v) is 3.95. The molecule has 0 aromatic heterocycles. The molecular weight excluding hydrogens is 435 g/mol. The molecule has 0 fully saturated rings.